The van der Waals surface area contributed by atoms with Gasteiger partial charge in [0.05, 0.1) is 20.6 Å². The number of nitrogens with zero attached hydrogens (tertiary/aromatic N) is 1. The standard InChI is InChI=1S/C22H32N2O3/c1-21(2)15-10-16-12-24(21)13-17(11-15)22(16,3)23-20(25)9-14-6-7-18(26-4)19(8-14)27-5/h6-8,15-17H,9-13H2,1-5H3,(H,23,25). The molecule has 5 nitrogen and oxygen atoms in total. The van der Waals surface area contributed by atoms with E-state index < -0.39 is 0 Å². The van der Waals surface area contributed by atoms with Gasteiger partial charge in [-0.1, -0.05) is 6.07 Å². The summed E-state index contributed by atoms with van der Waals surface area (Å²) in [6.07, 6.45) is 2.83. The first kappa shape index (κ1) is 18.6. The molecule has 1 aromatic rings. The molecule has 0 spiro atoms. The predicted octanol–water partition coefficient (Wildman–Crippen LogP) is 2.87. The fourth-order valence-corrected chi connectivity index (χ4v) is 5.77. The van der Waals surface area contributed by atoms with Crippen molar-refractivity contribution in [3.05, 3.63) is 23.8 Å². The summed E-state index contributed by atoms with van der Waals surface area (Å²) >= 11 is 0. The van der Waals surface area contributed by atoms with Crippen LogP contribution < -0.4 is 14.8 Å². The van der Waals surface area contributed by atoms with Crippen molar-refractivity contribution < 1.29 is 14.3 Å². The van der Waals surface area contributed by atoms with Crippen molar-refractivity contribution in [2.45, 2.75) is 51.1 Å². The van der Waals surface area contributed by atoms with Gasteiger partial charge in [0, 0.05) is 24.2 Å². The quantitative estimate of drug-likeness (QED) is 0.864. The molecule has 0 aromatic heterocycles. The zero-order valence-corrected chi connectivity index (χ0v) is 17.2. The highest BCUT2D eigenvalue weighted by atomic mass is 16.5. The van der Waals surface area contributed by atoms with Crippen molar-refractivity contribution in [2.75, 3.05) is 27.3 Å². The molecule has 4 aliphatic rings. The fraction of sp³-hybridized carbons (Fsp3) is 0.682. The molecule has 1 N–H and O–H groups in total. The lowest BCUT2D eigenvalue weighted by Crippen LogP contribution is -2.75. The van der Waals surface area contributed by atoms with Crippen LogP contribution in [0.15, 0.2) is 18.2 Å². The lowest BCUT2D eigenvalue weighted by Gasteiger charge is -2.67. The normalized spacial score (nSPS) is 35.7. The van der Waals surface area contributed by atoms with Gasteiger partial charge in [-0.05, 0) is 69.1 Å². The second-order valence-electron chi connectivity index (χ2n) is 9.32. The number of carbonyl (C=O) groups excluding carboxylic acids is 1. The molecule has 3 heterocycles. The van der Waals surface area contributed by atoms with Crippen LogP contribution >= 0.6 is 0 Å². The van der Waals surface area contributed by atoms with Gasteiger partial charge in [-0.25, -0.2) is 0 Å². The van der Waals surface area contributed by atoms with Crippen molar-refractivity contribution in [1.82, 2.24) is 10.2 Å². The third-order valence-electron chi connectivity index (χ3n) is 7.75. The molecule has 2 atom stereocenters. The Morgan fingerprint density at radius 1 is 1.07 bits per heavy atom. The molecular formula is C22H32N2O3. The topological polar surface area (TPSA) is 50.8 Å². The van der Waals surface area contributed by atoms with Crippen LogP contribution in [-0.4, -0.2) is 49.2 Å². The highest BCUT2D eigenvalue weighted by Crippen LogP contribution is 2.55. The van der Waals surface area contributed by atoms with Crippen molar-refractivity contribution in [1.29, 1.82) is 0 Å². The Morgan fingerprint density at radius 3 is 2.26 bits per heavy atom. The van der Waals surface area contributed by atoms with E-state index >= 15 is 0 Å². The third kappa shape index (κ3) is 2.91. The molecule has 0 radical (unpaired) electrons. The predicted molar refractivity (Wildman–Crippen MR) is 105 cm³/mol. The molecular weight excluding hydrogens is 340 g/mol. The molecule has 1 aliphatic carbocycles. The monoisotopic (exact) mass is 372 g/mol. The summed E-state index contributed by atoms with van der Waals surface area (Å²) in [5.74, 6) is 3.32. The summed E-state index contributed by atoms with van der Waals surface area (Å²) in [7, 11) is 3.24. The van der Waals surface area contributed by atoms with E-state index in [-0.39, 0.29) is 11.4 Å². The smallest absolute Gasteiger partial charge is 0.224 e. The summed E-state index contributed by atoms with van der Waals surface area (Å²) in [6.45, 7) is 9.27. The van der Waals surface area contributed by atoms with Crippen LogP contribution in [0.5, 0.6) is 11.5 Å². The maximum Gasteiger partial charge on any atom is 0.224 e. The van der Waals surface area contributed by atoms with Gasteiger partial charge in [0.2, 0.25) is 5.91 Å². The van der Waals surface area contributed by atoms with Gasteiger partial charge >= 0.3 is 0 Å². The molecule has 2 unspecified atom stereocenters. The highest BCUT2D eigenvalue weighted by Gasteiger charge is 2.60. The minimum atomic E-state index is -0.0862. The molecule has 1 saturated carbocycles. The number of ether oxygens (including phenoxy) is 2. The number of amides is 1. The summed E-state index contributed by atoms with van der Waals surface area (Å²) in [5.41, 5.74) is 1.18. The Balaban J connectivity index is 1.46. The summed E-state index contributed by atoms with van der Waals surface area (Å²) in [6, 6.07) is 5.70. The molecule has 148 valence electrons. The van der Waals surface area contributed by atoms with E-state index in [9.17, 15) is 4.79 Å². The number of piperidine rings is 3. The summed E-state index contributed by atoms with van der Waals surface area (Å²) in [4.78, 5) is 15.5. The molecule has 4 bridgehead atoms. The van der Waals surface area contributed by atoms with Crippen molar-refractivity contribution in [3.8, 4) is 11.5 Å². The Labute approximate surface area is 162 Å². The number of benzene rings is 1. The lowest BCUT2D eigenvalue weighted by molar-refractivity contribution is -0.160. The van der Waals surface area contributed by atoms with Crippen LogP contribution in [0.25, 0.3) is 0 Å². The average molecular weight is 373 g/mol. The Bertz CT molecular complexity index is 711. The number of rotatable bonds is 5. The molecule has 5 heteroatoms. The van der Waals surface area contributed by atoms with Gasteiger partial charge in [-0.3, -0.25) is 9.69 Å². The highest BCUT2D eigenvalue weighted by molar-refractivity contribution is 5.79. The van der Waals surface area contributed by atoms with Crippen LogP contribution in [0.1, 0.15) is 39.2 Å². The van der Waals surface area contributed by atoms with Crippen LogP contribution in [0.2, 0.25) is 0 Å². The van der Waals surface area contributed by atoms with Gasteiger partial charge < -0.3 is 14.8 Å². The zero-order valence-electron chi connectivity index (χ0n) is 17.2. The molecule has 1 aromatic carbocycles. The molecule has 3 saturated heterocycles. The molecule has 4 fully saturated rings. The van der Waals surface area contributed by atoms with Gasteiger partial charge in [-0.15, -0.1) is 0 Å². The molecule has 27 heavy (non-hydrogen) atoms. The van der Waals surface area contributed by atoms with Gasteiger partial charge in [0.15, 0.2) is 11.5 Å². The minimum absolute atomic E-state index is 0.0862. The van der Waals surface area contributed by atoms with Gasteiger partial charge in [0.1, 0.15) is 0 Å². The number of hydrogen-bond donors (Lipinski definition) is 1. The molecule has 5 rings (SSSR count). The molecule has 1 amide bonds. The van der Waals surface area contributed by atoms with Crippen molar-refractivity contribution in [2.24, 2.45) is 17.8 Å². The fourth-order valence-electron chi connectivity index (χ4n) is 5.77. The zero-order chi connectivity index (χ0) is 19.4. The third-order valence-corrected chi connectivity index (χ3v) is 7.75. The largest absolute Gasteiger partial charge is 0.493 e. The Morgan fingerprint density at radius 2 is 1.70 bits per heavy atom. The van der Waals surface area contributed by atoms with E-state index in [1.54, 1.807) is 14.2 Å². The van der Waals surface area contributed by atoms with Gasteiger partial charge in [-0.2, -0.15) is 0 Å². The van der Waals surface area contributed by atoms with Crippen molar-refractivity contribution >= 4 is 5.91 Å². The van der Waals surface area contributed by atoms with E-state index in [0.717, 1.165) is 24.6 Å². The summed E-state index contributed by atoms with van der Waals surface area (Å²) in [5, 5.41) is 3.44. The lowest BCUT2D eigenvalue weighted by atomic mass is 9.53. The number of methoxy groups -OCH3 is 2. The maximum absolute atomic E-state index is 12.9. The average Bonchev–Trinajstić information content (AvgIpc) is 2.59. The van der Waals surface area contributed by atoms with Gasteiger partial charge in [0.25, 0.3) is 0 Å². The maximum atomic E-state index is 12.9. The van der Waals surface area contributed by atoms with Crippen LogP contribution in [-0.2, 0) is 11.2 Å². The van der Waals surface area contributed by atoms with Crippen LogP contribution in [0.3, 0.4) is 0 Å². The Hall–Kier alpha value is -1.75. The molecule has 3 aliphatic heterocycles. The minimum Gasteiger partial charge on any atom is -0.493 e. The first-order valence-corrected chi connectivity index (χ1v) is 10.0. The second-order valence-corrected chi connectivity index (χ2v) is 9.32. The van der Waals surface area contributed by atoms with E-state index in [2.05, 4.69) is 31.0 Å². The van der Waals surface area contributed by atoms with E-state index in [1.165, 1.54) is 12.8 Å². The first-order chi connectivity index (χ1) is 12.8. The van der Waals surface area contributed by atoms with E-state index in [4.69, 9.17) is 9.47 Å². The van der Waals surface area contributed by atoms with E-state index in [0.29, 0.717) is 35.3 Å². The number of hydrogen-bond acceptors (Lipinski definition) is 4. The SMILES string of the molecule is COc1ccc(CC(=O)NC2(C)C3CC4CC2CN(C3)C4(C)C)cc1OC. The first-order valence-electron chi connectivity index (χ1n) is 10.0. The van der Waals surface area contributed by atoms with E-state index in [1.807, 2.05) is 18.2 Å². The Kier molecular flexibility index (Phi) is 4.41. The second kappa shape index (κ2) is 6.40. The van der Waals surface area contributed by atoms with Crippen LogP contribution in [0.4, 0.5) is 0 Å². The number of carbonyl (C=O) groups is 1. The summed E-state index contributed by atoms with van der Waals surface area (Å²) < 4.78 is 10.6. The van der Waals surface area contributed by atoms with Crippen LogP contribution in [0, 0.1) is 17.8 Å². The van der Waals surface area contributed by atoms with Crippen molar-refractivity contribution in [3.63, 3.8) is 0 Å². The number of nitrogens with one attached hydrogen (secondary N) is 1.